The van der Waals surface area contributed by atoms with Crippen LogP contribution in [0.25, 0.3) is 0 Å². The van der Waals surface area contributed by atoms with E-state index in [4.69, 9.17) is 9.26 Å². The van der Waals surface area contributed by atoms with E-state index in [1.807, 2.05) is 30.3 Å². The summed E-state index contributed by atoms with van der Waals surface area (Å²) in [7, 11) is -4.06. The third-order valence-electron chi connectivity index (χ3n) is 3.30. The number of rotatable bonds is 11. The first kappa shape index (κ1) is 19.3. The highest BCUT2D eigenvalue weighted by Gasteiger charge is 2.21. The second-order valence-corrected chi connectivity index (χ2v) is 6.98. The Hall–Kier alpha value is -1.98. The van der Waals surface area contributed by atoms with Crippen LogP contribution in [0.5, 0.6) is 5.75 Å². The summed E-state index contributed by atoms with van der Waals surface area (Å²) < 4.78 is 22.3. The lowest BCUT2D eigenvalue weighted by Crippen LogP contribution is -2.22. The summed E-state index contributed by atoms with van der Waals surface area (Å²) >= 11 is 0. The predicted octanol–water partition coefficient (Wildman–Crippen LogP) is 3.32. The molecule has 25 heavy (non-hydrogen) atoms. The maximum absolute atomic E-state index is 11.9. The second kappa shape index (κ2) is 10.1. The molecule has 2 N–H and O–H groups in total. The Kier molecular flexibility index (Phi) is 7.82. The van der Waals surface area contributed by atoms with E-state index in [0.29, 0.717) is 19.6 Å². The van der Waals surface area contributed by atoms with Crippen LogP contribution in [0, 0.1) is 0 Å². The van der Waals surface area contributed by atoms with Gasteiger partial charge in [-0.2, -0.15) is 0 Å². The number of nitrogens with one attached hydrogen (secondary N) is 1. The summed E-state index contributed by atoms with van der Waals surface area (Å²) in [5.41, 5.74) is 1.08. The molecular formula is C18H22NO5P. The maximum atomic E-state index is 11.9. The molecule has 6 nitrogen and oxygen atoms in total. The zero-order valence-corrected chi connectivity index (χ0v) is 14.7. The molecule has 1 atom stereocenters. The number of benzene rings is 2. The average molecular weight is 363 g/mol. The first-order chi connectivity index (χ1) is 12.1. The molecule has 0 aromatic heterocycles. The van der Waals surface area contributed by atoms with Gasteiger partial charge in [0.25, 0.3) is 0 Å². The highest BCUT2D eigenvalue weighted by Crippen LogP contribution is 2.37. The Morgan fingerprint density at radius 1 is 1.04 bits per heavy atom. The van der Waals surface area contributed by atoms with Gasteiger partial charge in [-0.25, -0.2) is 9.65 Å². The Morgan fingerprint density at radius 2 is 1.68 bits per heavy atom. The molecule has 0 heterocycles. The van der Waals surface area contributed by atoms with Gasteiger partial charge in [0.05, 0.1) is 13.2 Å². The third-order valence-corrected chi connectivity index (χ3v) is 4.32. The van der Waals surface area contributed by atoms with Gasteiger partial charge in [0.15, 0.2) is 0 Å². The number of para-hydroxylation sites is 1. The van der Waals surface area contributed by atoms with Gasteiger partial charge in [0, 0.05) is 13.0 Å². The zero-order chi connectivity index (χ0) is 18.0. The number of ketones is 1. The molecule has 0 radical (unpaired) electrons. The molecule has 134 valence electrons. The van der Waals surface area contributed by atoms with Crippen molar-refractivity contribution < 1.29 is 23.5 Å². The molecule has 2 aromatic carbocycles. The molecule has 0 fully saturated rings. The van der Waals surface area contributed by atoms with E-state index in [1.54, 1.807) is 30.3 Å². The van der Waals surface area contributed by atoms with Gasteiger partial charge >= 0.3 is 7.75 Å². The minimum absolute atomic E-state index is 0.172. The molecule has 0 saturated heterocycles. The van der Waals surface area contributed by atoms with Crippen molar-refractivity contribution in [3.8, 4) is 5.75 Å². The molecule has 0 aliphatic rings. The van der Waals surface area contributed by atoms with Crippen LogP contribution in [0.3, 0.4) is 0 Å². The molecular weight excluding hydrogens is 341 g/mol. The Labute approximate surface area is 147 Å². The van der Waals surface area contributed by atoms with E-state index in [0.717, 1.165) is 5.56 Å². The molecule has 0 amide bonds. The van der Waals surface area contributed by atoms with Crippen LogP contribution in [0.1, 0.15) is 18.4 Å². The summed E-state index contributed by atoms with van der Waals surface area (Å²) in [6.45, 7) is 0.737. The zero-order valence-electron chi connectivity index (χ0n) is 13.8. The summed E-state index contributed by atoms with van der Waals surface area (Å²) in [5.74, 6) is 0.0943. The Morgan fingerprint density at radius 3 is 2.36 bits per heavy atom. The van der Waals surface area contributed by atoms with Crippen LogP contribution in [0.2, 0.25) is 0 Å². The van der Waals surface area contributed by atoms with Crippen molar-refractivity contribution in [2.45, 2.75) is 19.4 Å². The molecule has 7 heteroatoms. The van der Waals surface area contributed by atoms with Crippen molar-refractivity contribution in [1.29, 1.82) is 0 Å². The summed E-state index contributed by atoms with van der Waals surface area (Å²) in [5, 5.41) is 2.27. The average Bonchev–Trinajstić information content (AvgIpc) is 2.61. The van der Waals surface area contributed by atoms with E-state index in [1.165, 1.54) is 0 Å². The summed E-state index contributed by atoms with van der Waals surface area (Å²) in [6, 6.07) is 18.1. The first-order valence-electron chi connectivity index (χ1n) is 8.01. The van der Waals surface area contributed by atoms with Crippen LogP contribution in [-0.2, 0) is 20.7 Å². The monoisotopic (exact) mass is 363 g/mol. The van der Waals surface area contributed by atoms with E-state index >= 15 is 0 Å². The third kappa shape index (κ3) is 8.09. The first-order valence-corrected chi connectivity index (χ1v) is 9.59. The largest absolute Gasteiger partial charge is 0.456 e. The number of carbonyl (C=O) groups excluding carboxylic acids is 1. The van der Waals surface area contributed by atoms with Gasteiger partial charge in [-0.05, 0) is 24.1 Å². The van der Waals surface area contributed by atoms with Crippen molar-refractivity contribution in [1.82, 2.24) is 5.09 Å². The van der Waals surface area contributed by atoms with Gasteiger partial charge < -0.3 is 14.2 Å². The maximum Gasteiger partial charge on any atom is 0.456 e. The van der Waals surface area contributed by atoms with Crippen LogP contribution in [0.4, 0.5) is 0 Å². The number of hydrogen-bond acceptors (Lipinski definition) is 4. The SMILES string of the molecule is O=C(CCCOCc1ccccc1)CNP(=O)(O)Oc1ccccc1. The molecule has 1 unspecified atom stereocenters. The lowest BCUT2D eigenvalue weighted by molar-refractivity contribution is -0.118. The molecule has 0 saturated carbocycles. The Bertz CT molecular complexity index is 693. The normalized spacial score (nSPS) is 13.2. The van der Waals surface area contributed by atoms with Gasteiger partial charge in [-0.15, -0.1) is 0 Å². The van der Waals surface area contributed by atoms with Crippen LogP contribution in [-0.4, -0.2) is 23.8 Å². The number of carbonyl (C=O) groups is 1. The topological polar surface area (TPSA) is 84.9 Å². The number of ether oxygens (including phenoxy) is 1. The lowest BCUT2D eigenvalue weighted by atomic mass is 10.2. The van der Waals surface area contributed by atoms with Crippen molar-refractivity contribution >= 4 is 13.5 Å². The highest BCUT2D eigenvalue weighted by molar-refractivity contribution is 7.51. The predicted molar refractivity (Wildman–Crippen MR) is 95.2 cm³/mol. The molecule has 2 rings (SSSR count). The van der Waals surface area contributed by atoms with Crippen LogP contribution >= 0.6 is 7.75 Å². The quantitative estimate of drug-likeness (QED) is 0.471. The number of Topliss-reactive ketones (excluding diaryl/α,β-unsaturated/α-hetero) is 1. The van der Waals surface area contributed by atoms with Gasteiger partial charge in [0.2, 0.25) is 0 Å². The van der Waals surface area contributed by atoms with E-state index < -0.39 is 7.75 Å². The smallest absolute Gasteiger partial charge is 0.413 e. The lowest BCUT2D eigenvalue weighted by Gasteiger charge is -2.13. The fraction of sp³-hybridized carbons (Fsp3) is 0.278. The van der Waals surface area contributed by atoms with Crippen molar-refractivity contribution in [3.05, 3.63) is 66.2 Å². The van der Waals surface area contributed by atoms with E-state index in [-0.39, 0.29) is 24.5 Å². The fourth-order valence-corrected chi connectivity index (χ4v) is 2.92. The summed E-state index contributed by atoms with van der Waals surface area (Å²) in [4.78, 5) is 21.5. The molecule has 2 aromatic rings. The highest BCUT2D eigenvalue weighted by atomic mass is 31.2. The molecule has 0 aliphatic heterocycles. The van der Waals surface area contributed by atoms with E-state index in [2.05, 4.69) is 5.09 Å². The standard InChI is InChI=1S/C18H22NO5P/c20-17(10-7-13-23-15-16-8-3-1-4-9-16)14-19-25(21,22)24-18-11-5-2-6-12-18/h1-6,8-9,11-12H,7,10,13-15H2,(H2,19,21,22). The Balaban J connectivity index is 1.59. The van der Waals surface area contributed by atoms with E-state index in [9.17, 15) is 14.3 Å². The molecule has 0 bridgehead atoms. The molecule has 0 spiro atoms. The van der Waals surface area contributed by atoms with Crippen molar-refractivity contribution in [2.24, 2.45) is 0 Å². The van der Waals surface area contributed by atoms with Gasteiger partial charge in [-0.3, -0.25) is 4.79 Å². The van der Waals surface area contributed by atoms with Crippen LogP contribution < -0.4 is 9.61 Å². The minimum Gasteiger partial charge on any atom is -0.413 e. The second-order valence-electron chi connectivity index (χ2n) is 5.44. The number of hydrogen-bond donors (Lipinski definition) is 2. The van der Waals surface area contributed by atoms with Gasteiger partial charge in [0.1, 0.15) is 11.5 Å². The minimum atomic E-state index is -4.06. The van der Waals surface area contributed by atoms with Crippen molar-refractivity contribution in [3.63, 3.8) is 0 Å². The van der Waals surface area contributed by atoms with Crippen molar-refractivity contribution in [2.75, 3.05) is 13.2 Å². The van der Waals surface area contributed by atoms with Gasteiger partial charge in [-0.1, -0.05) is 48.5 Å². The summed E-state index contributed by atoms with van der Waals surface area (Å²) in [6.07, 6.45) is 0.829. The van der Waals surface area contributed by atoms with Crippen LogP contribution in [0.15, 0.2) is 60.7 Å². The molecule has 0 aliphatic carbocycles. The fourth-order valence-electron chi connectivity index (χ4n) is 2.07.